The second-order valence-electron chi connectivity index (χ2n) is 3.46. The molecule has 1 heterocycles. The summed E-state index contributed by atoms with van der Waals surface area (Å²) in [5.74, 6) is -2.46. The minimum Gasteiger partial charge on any atom is -0.396 e. The maximum atomic E-state index is 13.5. The van der Waals surface area contributed by atoms with Gasteiger partial charge in [-0.2, -0.15) is 4.98 Å². The van der Waals surface area contributed by atoms with Crippen LogP contribution in [0.1, 0.15) is 16.2 Å². The molecule has 0 aliphatic rings. The zero-order chi connectivity index (χ0) is 13.3. The molecule has 1 aromatic carbocycles. The van der Waals surface area contributed by atoms with Crippen LogP contribution in [-0.4, -0.2) is 16.0 Å². The van der Waals surface area contributed by atoms with E-state index in [-0.39, 0.29) is 6.01 Å². The summed E-state index contributed by atoms with van der Waals surface area (Å²) in [6, 6.07) is 1.30. The molecule has 0 radical (unpaired) electrons. The Kier molecular flexibility index (Phi) is 2.92. The molecule has 2 rings (SSSR count). The van der Waals surface area contributed by atoms with Crippen LogP contribution in [0.5, 0.6) is 0 Å². The number of nitrogens with two attached hydrogens (primary N) is 1. The van der Waals surface area contributed by atoms with E-state index in [0.717, 1.165) is 12.1 Å². The van der Waals surface area contributed by atoms with Gasteiger partial charge >= 0.3 is 6.01 Å². The van der Waals surface area contributed by atoms with Gasteiger partial charge in [0.2, 0.25) is 0 Å². The summed E-state index contributed by atoms with van der Waals surface area (Å²) in [7, 11) is 0. The van der Waals surface area contributed by atoms with Gasteiger partial charge in [0.05, 0.1) is 11.3 Å². The summed E-state index contributed by atoms with van der Waals surface area (Å²) >= 11 is 0. The van der Waals surface area contributed by atoms with Crippen molar-refractivity contribution in [3.05, 3.63) is 35.2 Å². The summed E-state index contributed by atoms with van der Waals surface area (Å²) in [5, 5.41) is 5.56. The Bertz CT molecular complexity index is 612. The van der Waals surface area contributed by atoms with Crippen LogP contribution in [0.15, 0.2) is 16.7 Å². The van der Waals surface area contributed by atoms with Crippen molar-refractivity contribution in [2.75, 3.05) is 11.1 Å². The molecular formula is C10H8F2N4O2. The molecule has 0 aliphatic carbocycles. The zero-order valence-electron chi connectivity index (χ0n) is 9.20. The largest absolute Gasteiger partial charge is 0.396 e. The molecule has 2 aromatic rings. The third-order valence-electron chi connectivity index (χ3n) is 2.06. The normalized spacial score (nSPS) is 10.4. The number of nitrogen functional groups attached to an aromatic ring is 1. The second-order valence-corrected chi connectivity index (χ2v) is 3.46. The van der Waals surface area contributed by atoms with Crippen LogP contribution >= 0.6 is 0 Å². The lowest BCUT2D eigenvalue weighted by Crippen LogP contribution is -2.15. The van der Waals surface area contributed by atoms with Gasteiger partial charge in [0.1, 0.15) is 5.82 Å². The SMILES string of the molecule is Cc1noc(NC(=O)c2cc(F)cc(N)c2F)n1. The number of anilines is 2. The molecule has 0 bridgehead atoms. The van der Waals surface area contributed by atoms with Gasteiger partial charge in [-0.1, -0.05) is 5.16 Å². The standard InChI is InChI=1S/C10H8F2N4O2/c1-4-14-10(18-16-4)15-9(17)6-2-5(11)3-7(13)8(6)12/h2-3H,13H2,1H3,(H,14,15,16,17). The molecule has 0 saturated carbocycles. The Morgan fingerprint density at radius 2 is 2.17 bits per heavy atom. The number of aryl methyl sites for hydroxylation is 1. The molecule has 0 saturated heterocycles. The average molecular weight is 254 g/mol. The fourth-order valence-corrected chi connectivity index (χ4v) is 1.29. The Morgan fingerprint density at radius 3 is 2.78 bits per heavy atom. The molecule has 1 amide bonds. The van der Waals surface area contributed by atoms with Crippen molar-refractivity contribution in [2.45, 2.75) is 6.92 Å². The maximum Gasteiger partial charge on any atom is 0.328 e. The molecule has 0 spiro atoms. The quantitative estimate of drug-likeness (QED) is 0.792. The van der Waals surface area contributed by atoms with Crippen molar-refractivity contribution in [1.29, 1.82) is 0 Å². The average Bonchev–Trinajstić information content (AvgIpc) is 2.69. The predicted octanol–water partition coefficient (Wildman–Crippen LogP) is 1.49. The molecule has 94 valence electrons. The smallest absolute Gasteiger partial charge is 0.328 e. The zero-order valence-corrected chi connectivity index (χ0v) is 9.20. The van der Waals surface area contributed by atoms with Crippen LogP contribution in [-0.2, 0) is 0 Å². The number of hydrogen-bond donors (Lipinski definition) is 2. The van der Waals surface area contributed by atoms with Gasteiger partial charge in [0.15, 0.2) is 11.6 Å². The van der Waals surface area contributed by atoms with Gasteiger partial charge in [-0.25, -0.2) is 8.78 Å². The Hall–Kier alpha value is -2.51. The molecule has 0 atom stereocenters. The van der Waals surface area contributed by atoms with Gasteiger partial charge in [0, 0.05) is 0 Å². The minimum absolute atomic E-state index is 0.209. The van der Waals surface area contributed by atoms with Gasteiger partial charge < -0.3 is 10.3 Å². The van der Waals surface area contributed by atoms with Crippen LogP contribution in [0.3, 0.4) is 0 Å². The number of nitrogens with zero attached hydrogens (tertiary/aromatic N) is 2. The van der Waals surface area contributed by atoms with E-state index in [1.54, 1.807) is 6.92 Å². The van der Waals surface area contributed by atoms with E-state index >= 15 is 0 Å². The summed E-state index contributed by atoms with van der Waals surface area (Å²) in [5.41, 5.74) is 4.22. The lowest BCUT2D eigenvalue weighted by molar-refractivity contribution is 0.101. The van der Waals surface area contributed by atoms with Crippen molar-refractivity contribution < 1.29 is 18.1 Å². The van der Waals surface area contributed by atoms with Gasteiger partial charge in [-0.05, 0) is 19.1 Å². The summed E-state index contributed by atoms with van der Waals surface area (Å²) in [6.07, 6.45) is 0. The van der Waals surface area contributed by atoms with E-state index in [9.17, 15) is 13.6 Å². The molecule has 3 N–H and O–H groups in total. The summed E-state index contributed by atoms with van der Waals surface area (Å²) in [4.78, 5) is 15.3. The number of nitrogens with one attached hydrogen (secondary N) is 1. The molecule has 6 nitrogen and oxygen atoms in total. The van der Waals surface area contributed by atoms with Crippen LogP contribution in [0.25, 0.3) is 0 Å². The van der Waals surface area contributed by atoms with E-state index in [2.05, 4.69) is 20.0 Å². The van der Waals surface area contributed by atoms with Crippen molar-refractivity contribution in [3.8, 4) is 0 Å². The van der Waals surface area contributed by atoms with Crippen LogP contribution in [0.4, 0.5) is 20.5 Å². The number of rotatable bonds is 2. The van der Waals surface area contributed by atoms with E-state index in [0.29, 0.717) is 5.82 Å². The maximum absolute atomic E-state index is 13.5. The summed E-state index contributed by atoms with van der Waals surface area (Å²) < 4.78 is 31.2. The number of hydrogen-bond acceptors (Lipinski definition) is 5. The molecule has 18 heavy (non-hydrogen) atoms. The predicted molar refractivity (Wildman–Crippen MR) is 57.8 cm³/mol. The fraction of sp³-hybridized carbons (Fsp3) is 0.100. The van der Waals surface area contributed by atoms with Gasteiger partial charge in [-0.3, -0.25) is 10.1 Å². The third kappa shape index (κ3) is 2.26. The molecular weight excluding hydrogens is 246 g/mol. The highest BCUT2D eigenvalue weighted by Gasteiger charge is 2.18. The first kappa shape index (κ1) is 12.0. The molecule has 8 heteroatoms. The lowest BCUT2D eigenvalue weighted by Gasteiger charge is -2.04. The van der Waals surface area contributed by atoms with Crippen LogP contribution < -0.4 is 11.1 Å². The second kappa shape index (κ2) is 4.40. The van der Waals surface area contributed by atoms with Crippen molar-refractivity contribution in [2.24, 2.45) is 0 Å². The molecule has 0 unspecified atom stereocenters. The molecule has 1 aromatic heterocycles. The van der Waals surface area contributed by atoms with E-state index in [4.69, 9.17) is 5.73 Å². The van der Waals surface area contributed by atoms with Gasteiger partial charge in [-0.15, -0.1) is 0 Å². The third-order valence-corrected chi connectivity index (χ3v) is 2.06. The number of benzene rings is 1. The number of carbonyl (C=O) groups excluding carboxylic acids is 1. The Labute approximate surface area is 99.8 Å². The number of halogens is 2. The Morgan fingerprint density at radius 1 is 1.44 bits per heavy atom. The van der Waals surface area contributed by atoms with Crippen molar-refractivity contribution in [3.63, 3.8) is 0 Å². The lowest BCUT2D eigenvalue weighted by atomic mass is 10.1. The molecule has 0 fully saturated rings. The van der Waals surface area contributed by atoms with Gasteiger partial charge in [0.25, 0.3) is 5.91 Å². The highest BCUT2D eigenvalue weighted by molar-refractivity contribution is 6.03. The topological polar surface area (TPSA) is 94.0 Å². The van der Waals surface area contributed by atoms with E-state index < -0.39 is 28.8 Å². The van der Waals surface area contributed by atoms with Crippen LogP contribution in [0, 0.1) is 18.6 Å². The van der Waals surface area contributed by atoms with Crippen molar-refractivity contribution in [1.82, 2.24) is 10.1 Å². The van der Waals surface area contributed by atoms with E-state index in [1.165, 1.54) is 0 Å². The van der Waals surface area contributed by atoms with Crippen LogP contribution in [0.2, 0.25) is 0 Å². The first-order valence-electron chi connectivity index (χ1n) is 4.83. The van der Waals surface area contributed by atoms with E-state index in [1.807, 2.05) is 0 Å². The highest BCUT2D eigenvalue weighted by atomic mass is 19.1. The minimum atomic E-state index is -1.01. The number of carbonyl (C=O) groups is 1. The Balaban J connectivity index is 2.29. The van der Waals surface area contributed by atoms with Crippen molar-refractivity contribution >= 4 is 17.6 Å². The number of amides is 1. The molecule has 0 aliphatic heterocycles. The summed E-state index contributed by atoms with van der Waals surface area (Å²) in [6.45, 7) is 1.54. The fourth-order valence-electron chi connectivity index (χ4n) is 1.29. The highest BCUT2D eigenvalue weighted by Crippen LogP contribution is 2.18. The first-order valence-corrected chi connectivity index (χ1v) is 4.83. The first-order chi connectivity index (χ1) is 8.47. The number of aromatic nitrogens is 2. The monoisotopic (exact) mass is 254 g/mol.